The van der Waals surface area contributed by atoms with E-state index in [1.165, 1.54) is 35.7 Å². The average molecular weight is 1160 g/mol. The summed E-state index contributed by atoms with van der Waals surface area (Å²) in [7, 11) is -4.87. The lowest BCUT2D eigenvalue weighted by molar-refractivity contribution is -0.141. The van der Waals surface area contributed by atoms with Crippen molar-refractivity contribution in [1.82, 2.24) is 48.4 Å². The number of nitrogens with one attached hydrogen (secondary N) is 8. The molecule has 1 aromatic heterocycles. The summed E-state index contributed by atoms with van der Waals surface area (Å²) < 4.78 is 35.8. The lowest BCUT2D eigenvalue weighted by Gasteiger charge is -2.26. The number of rotatable bonds is 33. The molecule has 1 heterocycles. The Hall–Kier alpha value is -7.77. The molecular weight excluding hydrogens is 1090 g/mol. The number of hydrogen-bond acceptors (Lipinski definition) is 17. The standard InChI is InChI=1S/C49H62N10O16S3.H3N/c1-76-18-16-34(55-47(69)37(58-44(66)32(50)23-41(61)62)21-28-12-14-30(15-13-28)75-78(72,73)74)45(67)53-26-40(60)54-38(22-29-25-52-33-11-7-6-10-31(29)33)48(70)56-35(17-19-77-2)46(68)59-39(24-42(63)64)49(71)57-36(43(51)65)20-27-8-4-3-5-9-27;/h3-15,25,32,34-39,52H,16-24,26,50H2,1-2H3,(H2,51,65)(H,53,67)(H,54,60)(H,55,69)(H,56,70)(H,57,71)(H,58,66)(H,59,68)(H,61,62)(H,63,64)(H,72,73,74);1H3/t32-,34-,35-,36-,37-,38-,39-;/m0./s1. The number of primary amides is 1. The number of hydrogen-bond donors (Lipinski definition) is 14. The Labute approximate surface area is 462 Å². The van der Waals surface area contributed by atoms with Gasteiger partial charge in [-0.25, -0.2) is 0 Å². The summed E-state index contributed by atoms with van der Waals surface area (Å²) in [5.41, 5.74) is 13.5. The Balaban J connectivity index is 0.0000164. The van der Waals surface area contributed by atoms with E-state index >= 15 is 0 Å². The van der Waals surface area contributed by atoms with E-state index in [4.69, 9.17) is 16.0 Å². The zero-order chi connectivity index (χ0) is 57.5. The number of carboxylic acids is 2. The lowest BCUT2D eigenvalue weighted by atomic mass is 10.0. The minimum atomic E-state index is -4.87. The van der Waals surface area contributed by atoms with Gasteiger partial charge < -0.3 is 74.2 Å². The normalized spacial score (nSPS) is 13.7. The third kappa shape index (κ3) is 22.6. The van der Waals surface area contributed by atoms with Crippen LogP contribution in [0.2, 0.25) is 0 Å². The third-order valence-corrected chi connectivity index (χ3v) is 13.2. The van der Waals surface area contributed by atoms with Crippen molar-refractivity contribution in [2.24, 2.45) is 11.5 Å². The van der Waals surface area contributed by atoms with Gasteiger partial charge in [0.2, 0.25) is 47.3 Å². The fourth-order valence-electron chi connectivity index (χ4n) is 7.63. The van der Waals surface area contributed by atoms with Crippen molar-refractivity contribution in [3.8, 4) is 5.75 Å². The minimum Gasteiger partial charge on any atom is -0.481 e. The maximum absolute atomic E-state index is 14.3. The maximum Gasteiger partial charge on any atom is 0.446 e. The molecule has 0 aliphatic carbocycles. The largest absolute Gasteiger partial charge is 0.481 e. The highest BCUT2D eigenvalue weighted by Crippen LogP contribution is 2.20. The predicted molar refractivity (Wildman–Crippen MR) is 292 cm³/mol. The van der Waals surface area contributed by atoms with Gasteiger partial charge in [0.15, 0.2) is 0 Å². The van der Waals surface area contributed by atoms with Crippen molar-refractivity contribution in [1.29, 1.82) is 0 Å². The number of nitrogens with two attached hydrogens (primary N) is 2. The first kappa shape index (κ1) is 65.5. The van der Waals surface area contributed by atoms with Crippen LogP contribution in [0.1, 0.15) is 42.4 Å². The van der Waals surface area contributed by atoms with Gasteiger partial charge in [-0.3, -0.25) is 52.5 Å². The van der Waals surface area contributed by atoms with Gasteiger partial charge >= 0.3 is 22.3 Å². The number of carboxylic acid groups (broad SMARTS) is 2. The summed E-state index contributed by atoms with van der Waals surface area (Å²) in [5, 5.41) is 37.0. The van der Waals surface area contributed by atoms with Crippen LogP contribution in [0.4, 0.5) is 0 Å². The lowest BCUT2D eigenvalue weighted by Crippen LogP contribution is -2.59. The second-order valence-electron chi connectivity index (χ2n) is 17.5. The van der Waals surface area contributed by atoms with Crippen LogP contribution in [-0.4, -0.2) is 160 Å². The third-order valence-electron chi connectivity index (χ3n) is 11.5. The van der Waals surface area contributed by atoms with Crippen molar-refractivity contribution in [2.45, 2.75) is 87.2 Å². The Bertz CT molecular complexity index is 2880. The van der Waals surface area contributed by atoms with E-state index in [1.54, 1.807) is 73.3 Å². The molecule has 79 heavy (non-hydrogen) atoms. The van der Waals surface area contributed by atoms with E-state index in [1.807, 2.05) is 0 Å². The predicted octanol–water partition coefficient (Wildman–Crippen LogP) is -1.17. The first-order chi connectivity index (χ1) is 37.0. The van der Waals surface area contributed by atoms with Gasteiger partial charge in [-0.05, 0) is 71.7 Å². The number of carbonyl (C=O) groups excluding carboxylic acids is 8. The number of aromatic nitrogens is 1. The summed E-state index contributed by atoms with van der Waals surface area (Å²) in [5.74, 6) is -10.2. The zero-order valence-corrected chi connectivity index (χ0v) is 45.4. The fourth-order valence-corrected chi connectivity index (χ4v) is 8.92. The molecule has 4 aromatic rings. The molecular formula is C49H65N11O16S3. The van der Waals surface area contributed by atoms with Gasteiger partial charge in [-0.2, -0.15) is 31.9 Å². The molecule has 0 saturated carbocycles. The monoisotopic (exact) mass is 1160 g/mol. The zero-order valence-electron chi connectivity index (χ0n) is 42.9. The van der Waals surface area contributed by atoms with Crippen molar-refractivity contribution in [2.75, 3.05) is 30.6 Å². The van der Waals surface area contributed by atoms with Crippen LogP contribution >= 0.6 is 23.5 Å². The highest BCUT2D eigenvalue weighted by atomic mass is 32.3. The Kier molecular flexibility index (Phi) is 26.7. The van der Waals surface area contributed by atoms with Gasteiger partial charge in [0, 0.05) is 36.4 Å². The second-order valence-corrected chi connectivity index (χ2v) is 20.5. The van der Waals surface area contributed by atoms with Crippen LogP contribution in [0.3, 0.4) is 0 Å². The Morgan fingerprint density at radius 1 is 0.595 bits per heavy atom. The van der Waals surface area contributed by atoms with Crippen LogP contribution in [0.15, 0.2) is 85.1 Å². The topological polar surface area (TPSA) is 462 Å². The summed E-state index contributed by atoms with van der Waals surface area (Å²) in [6, 6.07) is 10.2. The van der Waals surface area contributed by atoms with Gasteiger partial charge in [-0.1, -0.05) is 60.7 Å². The highest BCUT2D eigenvalue weighted by molar-refractivity contribution is 7.98. The molecule has 27 nitrogen and oxygen atoms in total. The maximum atomic E-state index is 14.3. The van der Waals surface area contributed by atoms with E-state index < -0.39 is 131 Å². The SMILES string of the molecule is CSCC[C@H](NC(=O)[C@H](Cc1ccc(OS(=O)(=O)O)cc1)NC(=O)[C@@H](N)CC(=O)O)C(=O)NCC(=O)N[C@@H](Cc1c[nH]c2ccccc12)C(=O)N[C@@H](CCSC)C(=O)N[C@@H](CC(=O)O)C(=O)N[C@@H](Cc1ccccc1)C(N)=O.N. The summed E-state index contributed by atoms with van der Waals surface area (Å²) >= 11 is 2.61. The average Bonchev–Trinajstić information content (AvgIpc) is 3.81. The molecule has 18 N–H and O–H groups in total. The van der Waals surface area contributed by atoms with Crippen molar-refractivity contribution in [3.63, 3.8) is 0 Å². The number of benzene rings is 3. The van der Waals surface area contributed by atoms with Crippen LogP contribution in [0.25, 0.3) is 10.9 Å². The molecule has 0 aliphatic heterocycles. The van der Waals surface area contributed by atoms with Crippen LogP contribution in [0, 0.1) is 0 Å². The number of amides is 8. The fraction of sp³-hybridized carbons (Fsp3) is 0.388. The van der Waals surface area contributed by atoms with Crippen molar-refractivity contribution in [3.05, 3.63) is 102 Å². The first-order valence-corrected chi connectivity index (χ1v) is 28.0. The quantitative estimate of drug-likeness (QED) is 0.0250. The van der Waals surface area contributed by atoms with E-state index in [-0.39, 0.29) is 49.8 Å². The summed E-state index contributed by atoms with van der Waals surface area (Å²) in [6.45, 7) is -0.761. The van der Waals surface area contributed by atoms with E-state index in [2.05, 4.69) is 46.4 Å². The number of fused-ring (bicyclic) bond motifs is 1. The number of thioether (sulfide) groups is 2. The first-order valence-electron chi connectivity index (χ1n) is 23.9. The molecule has 430 valence electrons. The van der Waals surface area contributed by atoms with Crippen LogP contribution in [0.5, 0.6) is 5.75 Å². The smallest absolute Gasteiger partial charge is 0.446 e. The Morgan fingerprint density at radius 2 is 1.08 bits per heavy atom. The molecule has 4 rings (SSSR count). The Morgan fingerprint density at radius 3 is 1.65 bits per heavy atom. The molecule has 0 saturated heterocycles. The number of aromatic amines is 1. The van der Waals surface area contributed by atoms with Gasteiger partial charge in [-0.15, -0.1) is 0 Å². The molecule has 8 amide bonds. The molecule has 30 heteroatoms. The van der Waals surface area contributed by atoms with Gasteiger partial charge in [0.05, 0.1) is 25.4 Å². The highest BCUT2D eigenvalue weighted by Gasteiger charge is 2.34. The molecule has 0 bridgehead atoms. The molecule has 0 spiro atoms. The van der Waals surface area contributed by atoms with Crippen molar-refractivity contribution >= 4 is 104 Å². The molecule has 7 atom stereocenters. The van der Waals surface area contributed by atoms with Crippen LogP contribution in [-0.2, 0) is 77.6 Å². The van der Waals surface area contributed by atoms with E-state index in [0.717, 1.165) is 12.1 Å². The molecule has 0 aliphatic rings. The van der Waals surface area contributed by atoms with E-state index in [0.29, 0.717) is 33.3 Å². The summed E-state index contributed by atoms with van der Waals surface area (Å²) in [4.78, 5) is 135. The van der Waals surface area contributed by atoms with Crippen LogP contribution < -0.4 is 59.0 Å². The van der Waals surface area contributed by atoms with Crippen molar-refractivity contribution < 1.29 is 75.3 Å². The number of carbonyl (C=O) groups is 10. The molecule has 3 aromatic carbocycles. The molecule has 0 fully saturated rings. The number of aliphatic carboxylic acids is 2. The van der Waals surface area contributed by atoms with E-state index in [9.17, 15) is 66.6 Å². The van der Waals surface area contributed by atoms with Gasteiger partial charge in [0.1, 0.15) is 42.0 Å². The number of para-hydroxylation sites is 1. The molecule has 0 radical (unpaired) electrons. The number of H-pyrrole nitrogens is 1. The minimum absolute atomic E-state index is 0. The second kappa shape index (κ2) is 32.2. The molecule has 0 unspecified atom stereocenters. The summed E-state index contributed by atoms with van der Waals surface area (Å²) in [6.07, 6.45) is 2.78. The van der Waals surface area contributed by atoms with Gasteiger partial charge in [0.25, 0.3) is 0 Å².